The molecule has 2 aromatic carbocycles. The van der Waals surface area contributed by atoms with Crippen molar-refractivity contribution in [1.82, 2.24) is 4.90 Å². The maximum absolute atomic E-state index is 12.9. The van der Waals surface area contributed by atoms with Gasteiger partial charge in [-0.3, -0.25) is 4.79 Å². The molecular formula is C19H19NO3. The van der Waals surface area contributed by atoms with Crippen molar-refractivity contribution in [3.05, 3.63) is 70.3 Å². The largest absolute Gasteiger partial charge is 0.465 e. The zero-order chi connectivity index (χ0) is 16.4. The summed E-state index contributed by atoms with van der Waals surface area (Å²) in [6.45, 7) is 3.18. The number of nitrogens with zero attached hydrogens (tertiary/aromatic N) is 1. The highest BCUT2D eigenvalue weighted by Gasteiger charge is 2.23. The van der Waals surface area contributed by atoms with Gasteiger partial charge in [-0.05, 0) is 42.2 Å². The van der Waals surface area contributed by atoms with E-state index in [0.717, 1.165) is 12.0 Å². The molecule has 1 heterocycles. The molecule has 1 aliphatic rings. The van der Waals surface area contributed by atoms with Gasteiger partial charge in [-0.2, -0.15) is 0 Å². The predicted molar refractivity (Wildman–Crippen MR) is 87.4 cm³/mol. The second-order valence-corrected chi connectivity index (χ2v) is 5.77. The number of fused-ring (bicyclic) bond motifs is 1. The van der Waals surface area contributed by atoms with Crippen LogP contribution in [0.1, 0.15) is 37.4 Å². The van der Waals surface area contributed by atoms with Crippen molar-refractivity contribution in [3.63, 3.8) is 0 Å². The van der Waals surface area contributed by atoms with Gasteiger partial charge < -0.3 is 9.64 Å². The summed E-state index contributed by atoms with van der Waals surface area (Å²) in [6.07, 6.45) is 0.859. The van der Waals surface area contributed by atoms with Crippen LogP contribution in [0.15, 0.2) is 42.5 Å². The van der Waals surface area contributed by atoms with Crippen LogP contribution in [0.2, 0.25) is 0 Å². The fourth-order valence-electron chi connectivity index (χ4n) is 2.94. The number of methoxy groups -OCH3 is 1. The molecule has 0 saturated carbocycles. The smallest absolute Gasteiger partial charge is 0.337 e. The number of rotatable bonds is 2. The van der Waals surface area contributed by atoms with Crippen LogP contribution in [-0.4, -0.2) is 30.4 Å². The normalized spacial score (nSPS) is 13.4. The molecule has 4 nitrogen and oxygen atoms in total. The molecule has 0 spiro atoms. The fraction of sp³-hybridized carbons (Fsp3) is 0.263. The summed E-state index contributed by atoms with van der Waals surface area (Å²) in [6, 6.07) is 13.3. The Morgan fingerprint density at radius 1 is 1.09 bits per heavy atom. The lowest BCUT2D eigenvalue weighted by atomic mass is 9.98. The highest BCUT2D eigenvalue weighted by atomic mass is 16.5. The minimum Gasteiger partial charge on any atom is -0.465 e. The second-order valence-electron chi connectivity index (χ2n) is 5.77. The molecule has 4 heteroatoms. The van der Waals surface area contributed by atoms with Crippen molar-refractivity contribution in [2.45, 2.75) is 19.9 Å². The molecule has 3 rings (SSSR count). The summed E-state index contributed by atoms with van der Waals surface area (Å²) in [5, 5.41) is 0. The molecule has 118 valence electrons. The van der Waals surface area contributed by atoms with Crippen molar-refractivity contribution in [1.29, 1.82) is 0 Å². The Morgan fingerprint density at radius 2 is 1.83 bits per heavy atom. The number of aryl methyl sites for hydroxylation is 1. The number of ether oxygens (including phenoxy) is 1. The molecule has 0 bridgehead atoms. The minimum atomic E-state index is -0.428. The molecule has 0 fully saturated rings. The van der Waals surface area contributed by atoms with Gasteiger partial charge in [0.1, 0.15) is 0 Å². The van der Waals surface area contributed by atoms with Gasteiger partial charge in [-0.25, -0.2) is 4.79 Å². The Bertz CT molecular complexity index is 767. The van der Waals surface area contributed by atoms with E-state index in [1.54, 1.807) is 18.2 Å². The zero-order valence-electron chi connectivity index (χ0n) is 13.3. The van der Waals surface area contributed by atoms with Crippen molar-refractivity contribution >= 4 is 11.9 Å². The molecule has 2 aromatic rings. The van der Waals surface area contributed by atoms with Crippen LogP contribution in [0.5, 0.6) is 0 Å². The monoisotopic (exact) mass is 309 g/mol. The number of benzene rings is 2. The van der Waals surface area contributed by atoms with E-state index < -0.39 is 5.97 Å². The van der Waals surface area contributed by atoms with E-state index in [-0.39, 0.29) is 5.91 Å². The molecule has 0 unspecified atom stereocenters. The van der Waals surface area contributed by atoms with Crippen molar-refractivity contribution in [2.75, 3.05) is 13.7 Å². The SMILES string of the molecule is COC(=O)c1ccc(C)c(C(=O)N2CCc3ccccc3C2)c1. The first-order valence-corrected chi connectivity index (χ1v) is 7.65. The Kier molecular flexibility index (Phi) is 4.15. The summed E-state index contributed by atoms with van der Waals surface area (Å²) in [4.78, 5) is 26.4. The Hall–Kier alpha value is -2.62. The van der Waals surface area contributed by atoms with E-state index in [9.17, 15) is 9.59 Å². The van der Waals surface area contributed by atoms with Crippen LogP contribution < -0.4 is 0 Å². The van der Waals surface area contributed by atoms with Crippen molar-refractivity contribution in [3.8, 4) is 0 Å². The number of hydrogen-bond donors (Lipinski definition) is 0. The average molecular weight is 309 g/mol. The van der Waals surface area contributed by atoms with Crippen LogP contribution in [0.25, 0.3) is 0 Å². The van der Waals surface area contributed by atoms with Crippen LogP contribution in [0, 0.1) is 6.92 Å². The molecule has 1 amide bonds. The lowest BCUT2D eigenvalue weighted by Crippen LogP contribution is -2.36. The van der Waals surface area contributed by atoms with Crippen molar-refractivity contribution in [2.24, 2.45) is 0 Å². The number of esters is 1. The molecule has 23 heavy (non-hydrogen) atoms. The maximum atomic E-state index is 12.9. The van der Waals surface area contributed by atoms with Gasteiger partial charge in [-0.1, -0.05) is 30.3 Å². The molecule has 0 aliphatic carbocycles. The highest BCUT2D eigenvalue weighted by molar-refractivity contribution is 5.99. The first-order chi connectivity index (χ1) is 11.1. The zero-order valence-corrected chi connectivity index (χ0v) is 13.3. The van der Waals surface area contributed by atoms with E-state index >= 15 is 0 Å². The van der Waals surface area contributed by atoms with E-state index in [1.165, 1.54) is 18.2 Å². The Balaban J connectivity index is 1.88. The van der Waals surface area contributed by atoms with Crippen LogP contribution in [0.3, 0.4) is 0 Å². The number of hydrogen-bond acceptors (Lipinski definition) is 3. The van der Waals surface area contributed by atoms with Gasteiger partial charge in [0.25, 0.3) is 5.91 Å². The van der Waals surface area contributed by atoms with Gasteiger partial charge in [0.2, 0.25) is 0 Å². The predicted octanol–water partition coefficient (Wildman–Crippen LogP) is 2.98. The summed E-state index contributed by atoms with van der Waals surface area (Å²) >= 11 is 0. The second kappa shape index (κ2) is 6.24. The molecule has 0 atom stereocenters. The van der Waals surface area contributed by atoms with Crippen LogP contribution in [0.4, 0.5) is 0 Å². The Labute approximate surface area is 135 Å². The fourth-order valence-corrected chi connectivity index (χ4v) is 2.94. The topological polar surface area (TPSA) is 46.6 Å². The molecule has 0 saturated heterocycles. The molecule has 1 aliphatic heterocycles. The maximum Gasteiger partial charge on any atom is 0.337 e. The summed E-state index contributed by atoms with van der Waals surface area (Å²) in [5.41, 5.74) is 4.32. The number of amides is 1. The third-order valence-electron chi connectivity index (χ3n) is 4.31. The first-order valence-electron chi connectivity index (χ1n) is 7.65. The average Bonchev–Trinajstić information content (AvgIpc) is 2.60. The minimum absolute atomic E-state index is 0.0391. The van der Waals surface area contributed by atoms with E-state index in [0.29, 0.717) is 24.2 Å². The number of carbonyl (C=O) groups excluding carboxylic acids is 2. The van der Waals surface area contributed by atoms with Crippen LogP contribution in [-0.2, 0) is 17.7 Å². The molecular weight excluding hydrogens is 290 g/mol. The van der Waals surface area contributed by atoms with Gasteiger partial charge in [0, 0.05) is 18.7 Å². The quantitative estimate of drug-likeness (QED) is 0.801. The Morgan fingerprint density at radius 3 is 2.57 bits per heavy atom. The van der Waals surface area contributed by atoms with E-state index in [1.807, 2.05) is 24.0 Å². The van der Waals surface area contributed by atoms with Gasteiger partial charge in [0.05, 0.1) is 12.7 Å². The van der Waals surface area contributed by atoms with E-state index in [2.05, 4.69) is 12.1 Å². The van der Waals surface area contributed by atoms with Gasteiger partial charge >= 0.3 is 5.97 Å². The third kappa shape index (κ3) is 2.97. The molecule has 0 N–H and O–H groups in total. The summed E-state index contributed by atoms with van der Waals surface area (Å²) in [5.74, 6) is -0.467. The van der Waals surface area contributed by atoms with Crippen molar-refractivity contribution < 1.29 is 14.3 Å². The number of carbonyl (C=O) groups is 2. The summed E-state index contributed by atoms with van der Waals surface area (Å²) < 4.78 is 4.74. The van der Waals surface area contributed by atoms with Crippen LogP contribution >= 0.6 is 0 Å². The highest BCUT2D eigenvalue weighted by Crippen LogP contribution is 2.22. The molecule has 0 radical (unpaired) electrons. The molecule has 0 aromatic heterocycles. The van der Waals surface area contributed by atoms with E-state index in [4.69, 9.17) is 4.74 Å². The third-order valence-corrected chi connectivity index (χ3v) is 4.31. The standard InChI is InChI=1S/C19H19NO3/c1-13-7-8-15(19(22)23-2)11-17(13)18(21)20-10-9-14-5-3-4-6-16(14)12-20/h3-8,11H,9-10,12H2,1-2H3. The van der Waals surface area contributed by atoms with Gasteiger partial charge in [-0.15, -0.1) is 0 Å². The first kappa shape index (κ1) is 15.3. The lowest BCUT2D eigenvalue weighted by Gasteiger charge is -2.29. The van der Waals surface area contributed by atoms with Gasteiger partial charge in [0.15, 0.2) is 0 Å². The summed E-state index contributed by atoms with van der Waals surface area (Å²) in [7, 11) is 1.34. The lowest BCUT2D eigenvalue weighted by molar-refractivity contribution is 0.0600.